The van der Waals surface area contributed by atoms with Crippen molar-refractivity contribution in [1.29, 1.82) is 0 Å². The minimum Gasteiger partial charge on any atom is -0.462 e. The van der Waals surface area contributed by atoms with E-state index in [0.717, 1.165) is 89.9 Å². The van der Waals surface area contributed by atoms with Gasteiger partial charge >= 0.3 is 17.9 Å². The van der Waals surface area contributed by atoms with Crippen molar-refractivity contribution in [2.24, 2.45) is 0 Å². The molecule has 0 aliphatic carbocycles. The Hall–Kier alpha value is -2.89. The van der Waals surface area contributed by atoms with Crippen LogP contribution in [-0.2, 0) is 28.6 Å². The molecular formula is C66H118O6. The molecule has 0 radical (unpaired) electrons. The summed E-state index contributed by atoms with van der Waals surface area (Å²) in [6, 6.07) is 0. The van der Waals surface area contributed by atoms with Crippen molar-refractivity contribution in [3.63, 3.8) is 0 Å². The molecule has 0 aromatic carbocycles. The van der Waals surface area contributed by atoms with Gasteiger partial charge in [0.15, 0.2) is 6.10 Å². The molecule has 0 saturated heterocycles. The van der Waals surface area contributed by atoms with Crippen LogP contribution in [0.25, 0.3) is 0 Å². The van der Waals surface area contributed by atoms with E-state index in [0.29, 0.717) is 19.3 Å². The zero-order chi connectivity index (χ0) is 52.2. The highest BCUT2D eigenvalue weighted by atomic mass is 16.6. The van der Waals surface area contributed by atoms with Gasteiger partial charge in [-0.1, -0.05) is 281 Å². The summed E-state index contributed by atoms with van der Waals surface area (Å²) in [6.45, 7) is 6.50. The minimum atomic E-state index is -0.772. The van der Waals surface area contributed by atoms with Crippen molar-refractivity contribution in [3.05, 3.63) is 60.8 Å². The van der Waals surface area contributed by atoms with E-state index in [4.69, 9.17) is 14.2 Å². The van der Waals surface area contributed by atoms with E-state index in [9.17, 15) is 14.4 Å². The number of carbonyl (C=O) groups is 3. The van der Waals surface area contributed by atoms with Crippen molar-refractivity contribution < 1.29 is 28.6 Å². The number of hydrogen-bond acceptors (Lipinski definition) is 6. The lowest BCUT2D eigenvalue weighted by Crippen LogP contribution is -2.30. The summed E-state index contributed by atoms with van der Waals surface area (Å²) in [4.78, 5) is 37.9. The molecule has 0 aliphatic heterocycles. The molecule has 6 heteroatoms. The third-order valence-electron chi connectivity index (χ3n) is 13.8. The molecule has 418 valence electrons. The summed E-state index contributed by atoms with van der Waals surface area (Å²) in [5, 5.41) is 0. The molecule has 72 heavy (non-hydrogen) atoms. The molecule has 0 heterocycles. The fraction of sp³-hybridized carbons (Fsp3) is 0.803. The molecule has 0 saturated carbocycles. The lowest BCUT2D eigenvalue weighted by atomic mass is 10.0. The zero-order valence-corrected chi connectivity index (χ0v) is 47.9. The molecule has 0 spiro atoms. The van der Waals surface area contributed by atoms with Gasteiger partial charge < -0.3 is 14.2 Å². The third kappa shape index (κ3) is 58.0. The van der Waals surface area contributed by atoms with Crippen LogP contribution < -0.4 is 0 Å². The number of ether oxygens (including phenoxy) is 3. The van der Waals surface area contributed by atoms with E-state index in [2.05, 4.69) is 81.5 Å². The fourth-order valence-electron chi connectivity index (χ4n) is 9.08. The van der Waals surface area contributed by atoms with Crippen LogP contribution in [0.3, 0.4) is 0 Å². The zero-order valence-electron chi connectivity index (χ0n) is 47.9. The molecule has 1 atom stereocenters. The van der Waals surface area contributed by atoms with Gasteiger partial charge in [-0.2, -0.15) is 0 Å². The standard InChI is InChI=1S/C66H118O6/c1-4-7-10-13-16-18-20-22-24-25-26-27-28-29-30-31-32-33-34-35-36-37-38-39-40-41-42-44-45-47-50-53-56-59-65(68)71-62-63(61-70-64(67)58-55-52-49-15-12-9-6-3)72-66(69)60-57-54-51-48-46-43-23-21-19-17-14-11-8-5-2/h7,10,16,18,21-24,26-27,63H,4-6,8-9,11-15,17,19-20,25,28-62H2,1-3H3/b10-7-,18-16-,23-21-,24-22-,27-26-. The number of unbranched alkanes of at least 4 members (excludes halogenated alkanes) is 36. The largest absolute Gasteiger partial charge is 0.462 e. The SMILES string of the molecule is CC/C=C\C/C=C\C/C=C\C/C=C\CCCCCCCCCCCCCCCCCCCCCCC(=O)OCC(COC(=O)CCCCCCCCC)OC(=O)CCCCCCC/C=C\CCCCCCC. The Morgan fingerprint density at radius 2 is 0.542 bits per heavy atom. The Morgan fingerprint density at radius 3 is 0.861 bits per heavy atom. The van der Waals surface area contributed by atoms with Crippen LogP contribution in [0, 0.1) is 0 Å². The van der Waals surface area contributed by atoms with Gasteiger partial charge in [0.1, 0.15) is 13.2 Å². The van der Waals surface area contributed by atoms with Gasteiger partial charge in [0.2, 0.25) is 0 Å². The molecule has 0 amide bonds. The molecular weight excluding hydrogens is 889 g/mol. The summed E-state index contributed by atoms with van der Waals surface area (Å²) in [5.41, 5.74) is 0. The number of esters is 3. The molecule has 0 aromatic rings. The van der Waals surface area contributed by atoms with Crippen molar-refractivity contribution in [2.75, 3.05) is 13.2 Å². The van der Waals surface area contributed by atoms with Gasteiger partial charge in [-0.05, 0) is 83.5 Å². The van der Waals surface area contributed by atoms with Gasteiger partial charge in [0, 0.05) is 19.3 Å². The lowest BCUT2D eigenvalue weighted by molar-refractivity contribution is -0.167. The first-order chi connectivity index (χ1) is 35.5. The topological polar surface area (TPSA) is 78.9 Å². The van der Waals surface area contributed by atoms with Crippen LogP contribution in [0.2, 0.25) is 0 Å². The maximum atomic E-state index is 12.8. The Bertz CT molecular complexity index is 1290. The predicted molar refractivity (Wildman–Crippen MR) is 312 cm³/mol. The second-order valence-corrected chi connectivity index (χ2v) is 20.9. The molecule has 0 N–H and O–H groups in total. The van der Waals surface area contributed by atoms with E-state index < -0.39 is 6.10 Å². The molecule has 6 nitrogen and oxygen atoms in total. The first-order valence-corrected chi connectivity index (χ1v) is 31.3. The summed E-state index contributed by atoms with van der Waals surface area (Å²) in [6.07, 6.45) is 77.0. The first-order valence-electron chi connectivity index (χ1n) is 31.3. The van der Waals surface area contributed by atoms with Crippen LogP contribution in [-0.4, -0.2) is 37.2 Å². The van der Waals surface area contributed by atoms with Crippen LogP contribution >= 0.6 is 0 Å². The van der Waals surface area contributed by atoms with Gasteiger partial charge in [-0.15, -0.1) is 0 Å². The first kappa shape index (κ1) is 69.1. The Kier molecular flexibility index (Phi) is 58.2. The summed E-state index contributed by atoms with van der Waals surface area (Å²) in [5.74, 6) is -0.873. The quantitative estimate of drug-likeness (QED) is 0.0261. The highest BCUT2D eigenvalue weighted by Gasteiger charge is 2.19. The van der Waals surface area contributed by atoms with E-state index in [-0.39, 0.29) is 31.1 Å². The summed E-state index contributed by atoms with van der Waals surface area (Å²) >= 11 is 0. The normalized spacial score (nSPS) is 12.4. The monoisotopic (exact) mass is 1010 g/mol. The van der Waals surface area contributed by atoms with Crippen LogP contribution in [0.4, 0.5) is 0 Å². The lowest BCUT2D eigenvalue weighted by Gasteiger charge is -2.18. The molecule has 0 fully saturated rings. The molecule has 1 unspecified atom stereocenters. The Balaban J connectivity index is 3.96. The number of carbonyl (C=O) groups excluding carboxylic acids is 3. The van der Waals surface area contributed by atoms with Crippen LogP contribution in [0.15, 0.2) is 60.8 Å². The second kappa shape index (κ2) is 60.7. The van der Waals surface area contributed by atoms with Crippen molar-refractivity contribution >= 4 is 17.9 Å². The van der Waals surface area contributed by atoms with E-state index in [1.807, 2.05) is 0 Å². The summed E-state index contributed by atoms with van der Waals surface area (Å²) < 4.78 is 16.8. The van der Waals surface area contributed by atoms with Crippen molar-refractivity contribution in [2.45, 2.75) is 329 Å². The van der Waals surface area contributed by atoms with Gasteiger partial charge in [0.05, 0.1) is 0 Å². The maximum absolute atomic E-state index is 12.8. The molecule has 0 bridgehead atoms. The smallest absolute Gasteiger partial charge is 0.306 e. The molecule has 0 aromatic heterocycles. The molecule has 0 aliphatic rings. The van der Waals surface area contributed by atoms with Crippen LogP contribution in [0.5, 0.6) is 0 Å². The molecule has 0 rings (SSSR count). The highest BCUT2D eigenvalue weighted by Crippen LogP contribution is 2.17. The highest BCUT2D eigenvalue weighted by molar-refractivity contribution is 5.71. The fourth-order valence-corrected chi connectivity index (χ4v) is 9.08. The van der Waals surface area contributed by atoms with Crippen LogP contribution in [0.1, 0.15) is 323 Å². The third-order valence-corrected chi connectivity index (χ3v) is 13.8. The van der Waals surface area contributed by atoms with E-state index >= 15 is 0 Å². The van der Waals surface area contributed by atoms with Gasteiger partial charge in [-0.3, -0.25) is 14.4 Å². The van der Waals surface area contributed by atoms with Gasteiger partial charge in [-0.25, -0.2) is 0 Å². The average molecular weight is 1010 g/mol. The minimum absolute atomic E-state index is 0.0726. The number of hydrogen-bond donors (Lipinski definition) is 0. The van der Waals surface area contributed by atoms with Crippen molar-refractivity contribution in [3.8, 4) is 0 Å². The predicted octanol–water partition coefficient (Wildman–Crippen LogP) is 21.2. The van der Waals surface area contributed by atoms with E-state index in [1.54, 1.807) is 0 Å². The average Bonchev–Trinajstić information content (AvgIpc) is 3.38. The van der Waals surface area contributed by atoms with Crippen molar-refractivity contribution in [1.82, 2.24) is 0 Å². The Labute approximate surface area is 447 Å². The van der Waals surface area contributed by atoms with Gasteiger partial charge in [0.25, 0.3) is 0 Å². The van der Waals surface area contributed by atoms with E-state index in [1.165, 1.54) is 193 Å². The number of rotatable bonds is 57. The Morgan fingerprint density at radius 1 is 0.292 bits per heavy atom. The number of allylic oxidation sites excluding steroid dienone is 10. The summed E-state index contributed by atoms with van der Waals surface area (Å²) in [7, 11) is 0. The second-order valence-electron chi connectivity index (χ2n) is 20.9. The maximum Gasteiger partial charge on any atom is 0.306 e.